The van der Waals surface area contributed by atoms with Gasteiger partial charge in [0.1, 0.15) is 11.5 Å². The Morgan fingerprint density at radius 1 is 1.19 bits per heavy atom. The van der Waals surface area contributed by atoms with Crippen LogP contribution in [0.5, 0.6) is 0 Å². The van der Waals surface area contributed by atoms with Crippen molar-refractivity contribution in [1.82, 2.24) is 23.8 Å². The number of hydrogen-bond acceptors (Lipinski definition) is 4. The van der Waals surface area contributed by atoms with E-state index in [0.29, 0.717) is 11.6 Å². The molecule has 4 heterocycles. The molecule has 5 rings (SSSR count). The van der Waals surface area contributed by atoms with Crippen LogP contribution in [0, 0.1) is 5.92 Å². The molecular weight excluding hydrogens is 346 g/mol. The molecular formula is C19H23N5OS. The van der Waals surface area contributed by atoms with Gasteiger partial charge in [-0.1, -0.05) is 6.42 Å². The highest BCUT2D eigenvalue weighted by Crippen LogP contribution is 2.32. The van der Waals surface area contributed by atoms with Gasteiger partial charge in [-0.3, -0.25) is 9.20 Å². The van der Waals surface area contributed by atoms with Gasteiger partial charge in [0, 0.05) is 55.7 Å². The van der Waals surface area contributed by atoms with Crippen LogP contribution in [-0.4, -0.2) is 42.8 Å². The lowest BCUT2D eigenvalue weighted by atomic mass is 9.85. The summed E-state index contributed by atoms with van der Waals surface area (Å²) in [6, 6.07) is 0. The highest BCUT2D eigenvalue weighted by Gasteiger charge is 2.29. The second kappa shape index (κ2) is 6.54. The molecule has 0 atom stereocenters. The number of thiazole rings is 1. The van der Waals surface area contributed by atoms with Crippen LogP contribution in [0.4, 0.5) is 0 Å². The Hall–Kier alpha value is -2.15. The minimum absolute atomic E-state index is 0.0529. The van der Waals surface area contributed by atoms with E-state index < -0.39 is 0 Å². The third kappa shape index (κ3) is 2.84. The molecule has 1 saturated carbocycles. The third-order valence-corrected chi connectivity index (χ3v) is 6.66. The summed E-state index contributed by atoms with van der Waals surface area (Å²) in [5.74, 6) is 2.56. The molecule has 0 N–H and O–H groups in total. The van der Waals surface area contributed by atoms with Crippen LogP contribution >= 0.6 is 11.3 Å². The molecule has 3 aromatic heterocycles. The fourth-order valence-electron chi connectivity index (χ4n) is 4.12. The first-order valence-electron chi connectivity index (χ1n) is 9.50. The number of fused-ring (bicyclic) bond motifs is 1. The van der Waals surface area contributed by atoms with Crippen molar-refractivity contribution in [1.29, 1.82) is 0 Å². The Bertz CT molecular complexity index is 885. The number of carbonyl (C=O) groups excluding carboxylic acids is 1. The monoisotopic (exact) mass is 369 g/mol. The number of carbonyl (C=O) groups is 1. The predicted molar refractivity (Wildman–Crippen MR) is 101 cm³/mol. The summed E-state index contributed by atoms with van der Waals surface area (Å²) in [7, 11) is 0. The van der Waals surface area contributed by atoms with Gasteiger partial charge in [0.2, 0.25) is 0 Å². The molecule has 0 bridgehead atoms. The zero-order chi connectivity index (χ0) is 17.5. The molecule has 1 amide bonds. The lowest BCUT2D eigenvalue weighted by Crippen LogP contribution is -2.38. The predicted octanol–water partition coefficient (Wildman–Crippen LogP) is 3.41. The normalized spacial score (nSPS) is 19.2. The molecule has 7 heteroatoms. The quantitative estimate of drug-likeness (QED) is 0.708. The minimum Gasteiger partial charge on any atom is -0.337 e. The summed E-state index contributed by atoms with van der Waals surface area (Å²) in [5, 5.41) is 1.98. The van der Waals surface area contributed by atoms with Crippen LogP contribution in [0.2, 0.25) is 0 Å². The maximum absolute atomic E-state index is 12.8. The Labute approximate surface area is 156 Å². The van der Waals surface area contributed by atoms with Gasteiger partial charge in [-0.05, 0) is 31.6 Å². The molecule has 6 nitrogen and oxygen atoms in total. The number of hydrogen-bond donors (Lipinski definition) is 0. The van der Waals surface area contributed by atoms with Gasteiger partial charge in [0.15, 0.2) is 4.96 Å². The summed E-state index contributed by atoms with van der Waals surface area (Å²) in [6.45, 7) is 2.68. The molecule has 3 aromatic rings. The Kier molecular flexibility index (Phi) is 4.04. The molecule has 0 spiro atoms. The average Bonchev–Trinajstić information content (AvgIpc) is 3.33. The molecule has 2 aliphatic rings. The second-order valence-electron chi connectivity index (χ2n) is 7.52. The highest BCUT2D eigenvalue weighted by atomic mass is 32.1. The van der Waals surface area contributed by atoms with Gasteiger partial charge < -0.3 is 9.47 Å². The standard InChI is InChI=1S/C19H23N5OS/c25-18(16-13-24-10-11-26-19(24)21-16)22-7-4-15(5-8-22)17-20-6-9-23(17)12-14-2-1-3-14/h6,9-11,13-15H,1-5,7-8,12H2. The first-order valence-corrected chi connectivity index (χ1v) is 10.4. The van der Waals surface area contributed by atoms with Crippen molar-refractivity contribution in [3.05, 3.63) is 41.7 Å². The fraction of sp³-hybridized carbons (Fsp3) is 0.526. The average molecular weight is 369 g/mol. The maximum Gasteiger partial charge on any atom is 0.274 e. The van der Waals surface area contributed by atoms with Gasteiger partial charge in [-0.15, -0.1) is 11.3 Å². The van der Waals surface area contributed by atoms with Gasteiger partial charge in [-0.25, -0.2) is 9.97 Å². The summed E-state index contributed by atoms with van der Waals surface area (Å²) in [5.41, 5.74) is 0.557. The second-order valence-corrected chi connectivity index (χ2v) is 8.39. The van der Waals surface area contributed by atoms with E-state index in [2.05, 4.69) is 20.7 Å². The SMILES string of the molecule is O=C(c1cn2ccsc2n1)N1CCC(c2nccn2CC2CCC2)CC1. The highest BCUT2D eigenvalue weighted by molar-refractivity contribution is 7.15. The van der Waals surface area contributed by atoms with E-state index in [4.69, 9.17) is 0 Å². The molecule has 2 fully saturated rings. The zero-order valence-corrected chi connectivity index (χ0v) is 15.6. The summed E-state index contributed by atoms with van der Waals surface area (Å²) >= 11 is 1.55. The smallest absolute Gasteiger partial charge is 0.274 e. The van der Waals surface area contributed by atoms with Crippen LogP contribution in [0.15, 0.2) is 30.2 Å². The van der Waals surface area contributed by atoms with Crippen LogP contribution in [0.25, 0.3) is 4.96 Å². The molecule has 0 unspecified atom stereocenters. The first kappa shape index (κ1) is 16.1. The lowest BCUT2D eigenvalue weighted by molar-refractivity contribution is 0.0704. The number of imidazole rings is 2. The molecule has 1 aliphatic carbocycles. The number of nitrogens with zero attached hydrogens (tertiary/aromatic N) is 5. The lowest BCUT2D eigenvalue weighted by Gasteiger charge is -2.32. The number of amides is 1. The van der Waals surface area contributed by atoms with Crippen molar-refractivity contribution in [3.63, 3.8) is 0 Å². The van der Waals surface area contributed by atoms with Crippen LogP contribution in [-0.2, 0) is 6.54 Å². The van der Waals surface area contributed by atoms with Crippen molar-refractivity contribution in [2.45, 2.75) is 44.6 Å². The summed E-state index contributed by atoms with van der Waals surface area (Å²) in [6.07, 6.45) is 13.9. The van der Waals surface area contributed by atoms with Crippen molar-refractivity contribution in [2.24, 2.45) is 5.92 Å². The van der Waals surface area contributed by atoms with Gasteiger partial charge in [0.25, 0.3) is 5.91 Å². The van der Waals surface area contributed by atoms with Crippen molar-refractivity contribution in [3.8, 4) is 0 Å². The Balaban J connectivity index is 1.24. The molecule has 1 aliphatic heterocycles. The van der Waals surface area contributed by atoms with E-state index in [-0.39, 0.29) is 5.91 Å². The van der Waals surface area contributed by atoms with Gasteiger partial charge in [0.05, 0.1) is 0 Å². The molecule has 1 saturated heterocycles. The van der Waals surface area contributed by atoms with E-state index in [1.165, 1.54) is 25.1 Å². The molecule has 0 radical (unpaired) electrons. The van der Waals surface area contributed by atoms with E-state index in [0.717, 1.165) is 43.4 Å². The molecule has 26 heavy (non-hydrogen) atoms. The summed E-state index contributed by atoms with van der Waals surface area (Å²) in [4.78, 5) is 24.7. The van der Waals surface area contributed by atoms with Crippen LogP contribution < -0.4 is 0 Å². The van der Waals surface area contributed by atoms with Crippen molar-refractivity contribution < 1.29 is 4.79 Å². The number of piperidine rings is 1. The minimum atomic E-state index is 0.0529. The fourth-order valence-corrected chi connectivity index (χ4v) is 4.82. The van der Waals surface area contributed by atoms with E-state index in [9.17, 15) is 4.79 Å². The Morgan fingerprint density at radius 2 is 2.04 bits per heavy atom. The van der Waals surface area contributed by atoms with Gasteiger partial charge >= 0.3 is 0 Å². The number of rotatable bonds is 4. The maximum atomic E-state index is 12.8. The first-order chi connectivity index (χ1) is 12.8. The Morgan fingerprint density at radius 3 is 2.77 bits per heavy atom. The van der Waals surface area contributed by atoms with Crippen LogP contribution in [0.3, 0.4) is 0 Å². The van der Waals surface area contributed by atoms with Gasteiger partial charge in [-0.2, -0.15) is 0 Å². The third-order valence-electron chi connectivity index (χ3n) is 5.89. The zero-order valence-electron chi connectivity index (χ0n) is 14.8. The van der Waals surface area contributed by atoms with Crippen molar-refractivity contribution >= 4 is 22.2 Å². The summed E-state index contributed by atoms with van der Waals surface area (Å²) < 4.78 is 4.28. The van der Waals surface area contributed by atoms with E-state index in [1.807, 2.05) is 33.3 Å². The topological polar surface area (TPSA) is 55.4 Å². The van der Waals surface area contributed by atoms with E-state index in [1.54, 1.807) is 11.3 Å². The molecule has 0 aromatic carbocycles. The number of aromatic nitrogens is 4. The number of likely N-dealkylation sites (tertiary alicyclic amines) is 1. The van der Waals surface area contributed by atoms with Crippen molar-refractivity contribution in [2.75, 3.05) is 13.1 Å². The van der Waals surface area contributed by atoms with Crippen LogP contribution in [0.1, 0.15) is 54.3 Å². The van der Waals surface area contributed by atoms with E-state index >= 15 is 0 Å². The largest absolute Gasteiger partial charge is 0.337 e. The molecule has 136 valence electrons.